The molecule has 0 atom stereocenters. The molecule has 1 saturated heterocycles. The van der Waals surface area contributed by atoms with E-state index in [-0.39, 0.29) is 17.0 Å². The maximum atomic E-state index is 13.8. The van der Waals surface area contributed by atoms with Crippen molar-refractivity contribution in [2.45, 2.75) is 19.3 Å². The number of carbonyl (C=O) groups is 2. The van der Waals surface area contributed by atoms with Crippen LogP contribution in [-0.2, 0) is 4.79 Å². The SMILES string of the molecule is O=C(O)/C=C/c1ccc(C(=O)NN2CCCCC2)cc1F. The zero-order chi connectivity index (χ0) is 15.2. The Morgan fingerprint density at radius 3 is 2.57 bits per heavy atom. The molecular formula is C15H17FN2O3. The minimum Gasteiger partial charge on any atom is -0.478 e. The molecule has 1 aromatic rings. The Morgan fingerprint density at radius 1 is 1.24 bits per heavy atom. The summed E-state index contributed by atoms with van der Waals surface area (Å²) < 4.78 is 13.8. The molecule has 112 valence electrons. The van der Waals surface area contributed by atoms with E-state index in [0.29, 0.717) is 0 Å². The standard InChI is InChI=1S/C15H17FN2O3/c16-13-10-12(5-4-11(13)6-7-14(19)20)15(21)17-18-8-2-1-3-9-18/h4-7,10H,1-3,8-9H2,(H,17,21)(H,19,20)/b7-6+. The van der Waals surface area contributed by atoms with E-state index in [4.69, 9.17) is 5.11 Å². The summed E-state index contributed by atoms with van der Waals surface area (Å²) in [7, 11) is 0. The lowest BCUT2D eigenvalue weighted by atomic mass is 10.1. The molecule has 6 heteroatoms. The number of hydrazine groups is 1. The van der Waals surface area contributed by atoms with Crippen molar-refractivity contribution >= 4 is 18.0 Å². The van der Waals surface area contributed by atoms with Gasteiger partial charge in [0.25, 0.3) is 5.91 Å². The van der Waals surface area contributed by atoms with Crippen molar-refractivity contribution in [3.63, 3.8) is 0 Å². The third kappa shape index (κ3) is 4.39. The van der Waals surface area contributed by atoms with Crippen molar-refractivity contribution in [2.24, 2.45) is 0 Å². The number of piperidine rings is 1. The second-order valence-electron chi connectivity index (χ2n) is 4.90. The third-order valence-electron chi connectivity index (χ3n) is 3.28. The van der Waals surface area contributed by atoms with Gasteiger partial charge in [-0.1, -0.05) is 12.5 Å². The summed E-state index contributed by atoms with van der Waals surface area (Å²) in [6.07, 6.45) is 5.24. The van der Waals surface area contributed by atoms with Gasteiger partial charge in [-0.3, -0.25) is 10.2 Å². The number of hydrogen-bond acceptors (Lipinski definition) is 3. The molecule has 2 N–H and O–H groups in total. The van der Waals surface area contributed by atoms with Crippen LogP contribution in [0.15, 0.2) is 24.3 Å². The fourth-order valence-corrected chi connectivity index (χ4v) is 2.18. The van der Waals surface area contributed by atoms with Crippen LogP contribution in [0.4, 0.5) is 4.39 Å². The van der Waals surface area contributed by atoms with Crippen LogP contribution in [0.5, 0.6) is 0 Å². The number of carboxylic acid groups (broad SMARTS) is 1. The first-order valence-corrected chi connectivity index (χ1v) is 6.83. The van der Waals surface area contributed by atoms with Crippen molar-refractivity contribution < 1.29 is 19.1 Å². The average Bonchev–Trinajstić information content (AvgIpc) is 2.46. The molecule has 1 aliphatic heterocycles. The van der Waals surface area contributed by atoms with Crippen molar-refractivity contribution in [2.75, 3.05) is 13.1 Å². The Hall–Kier alpha value is -2.21. The first kappa shape index (κ1) is 15.2. The largest absolute Gasteiger partial charge is 0.478 e. The van der Waals surface area contributed by atoms with E-state index in [0.717, 1.165) is 50.6 Å². The van der Waals surface area contributed by atoms with E-state index in [1.807, 2.05) is 5.01 Å². The molecule has 1 heterocycles. The fraction of sp³-hybridized carbons (Fsp3) is 0.333. The summed E-state index contributed by atoms with van der Waals surface area (Å²) in [5, 5.41) is 10.3. The number of aliphatic carboxylic acids is 1. The van der Waals surface area contributed by atoms with Gasteiger partial charge in [-0.2, -0.15) is 0 Å². The smallest absolute Gasteiger partial charge is 0.328 e. The molecule has 1 aromatic carbocycles. The number of nitrogens with one attached hydrogen (secondary N) is 1. The molecule has 0 aromatic heterocycles. The lowest BCUT2D eigenvalue weighted by molar-refractivity contribution is -0.131. The van der Waals surface area contributed by atoms with Gasteiger partial charge < -0.3 is 5.11 Å². The maximum Gasteiger partial charge on any atom is 0.328 e. The number of carbonyl (C=O) groups excluding carboxylic acids is 1. The lowest BCUT2D eigenvalue weighted by Crippen LogP contribution is -2.45. The lowest BCUT2D eigenvalue weighted by Gasteiger charge is -2.26. The highest BCUT2D eigenvalue weighted by Crippen LogP contribution is 2.13. The highest BCUT2D eigenvalue weighted by Gasteiger charge is 2.15. The van der Waals surface area contributed by atoms with E-state index in [1.165, 1.54) is 12.1 Å². The fourth-order valence-electron chi connectivity index (χ4n) is 2.18. The summed E-state index contributed by atoms with van der Waals surface area (Å²) in [5.74, 6) is -2.13. The highest BCUT2D eigenvalue weighted by molar-refractivity contribution is 5.94. The van der Waals surface area contributed by atoms with Crippen LogP contribution in [0.25, 0.3) is 6.08 Å². The molecule has 0 aliphatic carbocycles. The van der Waals surface area contributed by atoms with Crippen LogP contribution < -0.4 is 5.43 Å². The predicted molar refractivity (Wildman–Crippen MR) is 76.0 cm³/mol. The Labute approximate surface area is 122 Å². The minimum absolute atomic E-state index is 0.131. The number of rotatable bonds is 4. The minimum atomic E-state index is -1.15. The molecule has 0 spiro atoms. The summed E-state index contributed by atoms with van der Waals surface area (Å²) in [6, 6.07) is 3.98. The molecule has 1 amide bonds. The molecule has 2 rings (SSSR count). The van der Waals surface area contributed by atoms with Gasteiger partial charge in [0.05, 0.1) is 0 Å². The first-order chi connectivity index (χ1) is 10.1. The number of nitrogens with zero attached hydrogens (tertiary/aromatic N) is 1. The molecule has 1 aliphatic rings. The molecule has 5 nitrogen and oxygen atoms in total. The Balaban J connectivity index is 2.04. The van der Waals surface area contributed by atoms with Crippen molar-refractivity contribution in [3.8, 4) is 0 Å². The van der Waals surface area contributed by atoms with E-state index in [1.54, 1.807) is 0 Å². The van der Waals surface area contributed by atoms with Gasteiger partial charge in [0.1, 0.15) is 5.82 Å². The van der Waals surface area contributed by atoms with Gasteiger partial charge in [-0.25, -0.2) is 14.2 Å². The summed E-state index contributed by atoms with van der Waals surface area (Å²) >= 11 is 0. The van der Waals surface area contributed by atoms with Crippen LogP contribution in [0.1, 0.15) is 35.2 Å². The van der Waals surface area contributed by atoms with Crippen molar-refractivity contribution in [3.05, 3.63) is 41.2 Å². The predicted octanol–water partition coefficient (Wildman–Crippen LogP) is 2.05. The van der Waals surface area contributed by atoms with Gasteiger partial charge in [-0.15, -0.1) is 0 Å². The maximum absolute atomic E-state index is 13.8. The molecular weight excluding hydrogens is 275 g/mol. The van der Waals surface area contributed by atoms with Crippen LogP contribution in [0, 0.1) is 5.82 Å². The van der Waals surface area contributed by atoms with E-state index in [2.05, 4.69) is 5.43 Å². The number of amides is 1. The number of hydrogen-bond donors (Lipinski definition) is 2. The van der Waals surface area contributed by atoms with Gasteiger partial charge in [0.2, 0.25) is 0 Å². The highest BCUT2D eigenvalue weighted by atomic mass is 19.1. The summed E-state index contributed by atoms with van der Waals surface area (Å²) in [4.78, 5) is 22.4. The molecule has 0 unspecified atom stereocenters. The number of halogens is 1. The van der Waals surface area contributed by atoms with Crippen molar-refractivity contribution in [1.82, 2.24) is 10.4 Å². The van der Waals surface area contributed by atoms with Gasteiger partial charge >= 0.3 is 5.97 Å². The van der Waals surface area contributed by atoms with Crippen LogP contribution in [-0.4, -0.2) is 35.1 Å². The van der Waals surface area contributed by atoms with Crippen LogP contribution >= 0.6 is 0 Å². The quantitative estimate of drug-likeness (QED) is 0.833. The topological polar surface area (TPSA) is 69.6 Å². The monoisotopic (exact) mass is 292 g/mol. The second kappa shape index (κ2) is 6.99. The molecule has 1 fully saturated rings. The van der Waals surface area contributed by atoms with E-state index < -0.39 is 11.8 Å². The first-order valence-electron chi connectivity index (χ1n) is 6.83. The number of carboxylic acids is 1. The van der Waals surface area contributed by atoms with E-state index in [9.17, 15) is 14.0 Å². The Bertz CT molecular complexity index is 566. The molecule has 0 radical (unpaired) electrons. The molecule has 0 saturated carbocycles. The molecule has 21 heavy (non-hydrogen) atoms. The summed E-state index contributed by atoms with van der Waals surface area (Å²) in [5.41, 5.74) is 3.09. The zero-order valence-electron chi connectivity index (χ0n) is 11.5. The zero-order valence-corrected chi connectivity index (χ0v) is 11.5. The van der Waals surface area contributed by atoms with Gasteiger partial charge in [-0.05, 0) is 31.1 Å². The second-order valence-corrected chi connectivity index (χ2v) is 4.90. The normalized spacial score (nSPS) is 16.0. The van der Waals surface area contributed by atoms with Crippen molar-refractivity contribution in [1.29, 1.82) is 0 Å². The summed E-state index contributed by atoms with van der Waals surface area (Å²) in [6.45, 7) is 1.60. The van der Waals surface area contributed by atoms with Gasteiger partial charge in [0, 0.05) is 30.3 Å². The Morgan fingerprint density at radius 2 is 1.95 bits per heavy atom. The Kier molecular flexibility index (Phi) is 5.05. The third-order valence-corrected chi connectivity index (χ3v) is 3.28. The molecule has 0 bridgehead atoms. The number of benzene rings is 1. The average molecular weight is 292 g/mol. The van der Waals surface area contributed by atoms with Gasteiger partial charge in [0.15, 0.2) is 0 Å². The van der Waals surface area contributed by atoms with E-state index >= 15 is 0 Å². The van der Waals surface area contributed by atoms with Crippen LogP contribution in [0.2, 0.25) is 0 Å². The van der Waals surface area contributed by atoms with Crippen LogP contribution in [0.3, 0.4) is 0 Å².